The lowest BCUT2D eigenvalue weighted by atomic mass is 9.77. The maximum Gasteiger partial charge on any atom is 0.135 e. The zero-order valence-corrected chi connectivity index (χ0v) is 12.1. The van der Waals surface area contributed by atoms with E-state index in [2.05, 4.69) is 13.5 Å². The molecule has 0 atom stereocenters. The highest BCUT2D eigenvalue weighted by atomic mass is 16.1. The Morgan fingerprint density at radius 1 is 1.17 bits per heavy atom. The van der Waals surface area contributed by atoms with Gasteiger partial charge in [-0.25, -0.2) is 0 Å². The summed E-state index contributed by atoms with van der Waals surface area (Å²) in [6.45, 7) is 5.99. The zero-order chi connectivity index (χ0) is 13.2. The molecule has 0 radical (unpaired) electrons. The second kappa shape index (κ2) is 9.35. The number of carbonyl (C=O) groups is 1. The molecule has 0 N–H and O–H groups in total. The molecule has 0 aromatic heterocycles. The van der Waals surface area contributed by atoms with Gasteiger partial charge in [-0.1, -0.05) is 32.3 Å². The van der Waals surface area contributed by atoms with Gasteiger partial charge < -0.3 is 0 Å². The molecule has 0 saturated heterocycles. The molecule has 0 unspecified atom stereocenters. The van der Waals surface area contributed by atoms with Crippen molar-refractivity contribution in [2.45, 2.75) is 77.6 Å². The van der Waals surface area contributed by atoms with Gasteiger partial charge in [0.05, 0.1) is 0 Å². The molecule has 18 heavy (non-hydrogen) atoms. The van der Waals surface area contributed by atoms with Gasteiger partial charge >= 0.3 is 0 Å². The Morgan fingerprint density at radius 3 is 2.50 bits per heavy atom. The van der Waals surface area contributed by atoms with E-state index in [9.17, 15) is 4.79 Å². The summed E-state index contributed by atoms with van der Waals surface area (Å²) in [4.78, 5) is 12.1. The minimum atomic E-state index is 0.400. The average Bonchev–Trinajstić information content (AvgIpc) is 2.39. The molecule has 0 spiro atoms. The third-order valence-electron chi connectivity index (χ3n) is 4.33. The van der Waals surface area contributed by atoms with Crippen molar-refractivity contribution in [2.75, 3.05) is 0 Å². The molecule has 1 fully saturated rings. The summed E-state index contributed by atoms with van der Waals surface area (Å²) in [7, 11) is 0. The molecule has 1 heteroatoms. The summed E-state index contributed by atoms with van der Waals surface area (Å²) in [6, 6.07) is 0. The van der Waals surface area contributed by atoms with Crippen molar-refractivity contribution in [2.24, 2.45) is 11.8 Å². The predicted octanol–water partition coefficient (Wildman–Crippen LogP) is 5.30. The number of rotatable bonds is 9. The van der Waals surface area contributed by atoms with E-state index >= 15 is 0 Å². The largest absolute Gasteiger partial charge is 0.299 e. The second-order valence-corrected chi connectivity index (χ2v) is 5.86. The molecule has 0 aliphatic heterocycles. The van der Waals surface area contributed by atoms with Crippen molar-refractivity contribution in [3.8, 4) is 0 Å². The van der Waals surface area contributed by atoms with Crippen molar-refractivity contribution < 1.29 is 4.79 Å². The van der Waals surface area contributed by atoms with E-state index in [4.69, 9.17) is 0 Å². The van der Waals surface area contributed by atoms with Gasteiger partial charge in [-0.05, 0) is 50.9 Å². The SMILES string of the molecule is C=CCCCCCC(=O)C1CCC(CCC)CC1. The van der Waals surface area contributed by atoms with Crippen molar-refractivity contribution in [3.05, 3.63) is 12.7 Å². The maximum atomic E-state index is 12.1. The molecule has 104 valence electrons. The van der Waals surface area contributed by atoms with Crippen LogP contribution in [0.5, 0.6) is 0 Å². The summed E-state index contributed by atoms with van der Waals surface area (Å²) in [5, 5.41) is 0. The van der Waals surface area contributed by atoms with E-state index in [-0.39, 0.29) is 0 Å². The zero-order valence-electron chi connectivity index (χ0n) is 12.1. The van der Waals surface area contributed by atoms with E-state index in [0.717, 1.165) is 38.0 Å². The van der Waals surface area contributed by atoms with Crippen molar-refractivity contribution in [1.82, 2.24) is 0 Å². The highest BCUT2D eigenvalue weighted by Crippen LogP contribution is 2.32. The predicted molar refractivity (Wildman–Crippen MR) is 78.6 cm³/mol. The molecular formula is C17H30O. The van der Waals surface area contributed by atoms with Crippen LogP contribution < -0.4 is 0 Å². The molecule has 1 rings (SSSR count). The van der Waals surface area contributed by atoms with Crippen LogP contribution in [0, 0.1) is 11.8 Å². The normalized spacial score (nSPS) is 23.8. The molecular weight excluding hydrogens is 220 g/mol. The molecule has 1 aliphatic carbocycles. The molecule has 0 amide bonds. The highest BCUT2D eigenvalue weighted by Gasteiger charge is 2.24. The van der Waals surface area contributed by atoms with E-state index in [1.54, 1.807) is 0 Å². The molecule has 0 heterocycles. The molecule has 0 aromatic carbocycles. The van der Waals surface area contributed by atoms with Crippen molar-refractivity contribution in [3.63, 3.8) is 0 Å². The van der Waals surface area contributed by atoms with Crippen LogP contribution in [0.4, 0.5) is 0 Å². The van der Waals surface area contributed by atoms with Gasteiger partial charge in [-0.15, -0.1) is 6.58 Å². The smallest absolute Gasteiger partial charge is 0.135 e. The number of ketones is 1. The van der Waals surface area contributed by atoms with E-state index in [0.29, 0.717) is 11.7 Å². The van der Waals surface area contributed by atoms with Crippen LogP contribution in [0.2, 0.25) is 0 Å². The number of Topliss-reactive ketones (excluding diaryl/α,β-unsaturated/α-hetero) is 1. The van der Waals surface area contributed by atoms with E-state index < -0.39 is 0 Å². The minimum absolute atomic E-state index is 0.400. The Kier molecular flexibility index (Phi) is 8.04. The molecule has 1 aliphatic rings. The number of hydrogen-bond acceptors (Lipinski definition) is 1. The standard InChI is InChI=1S/C17H30O/c1-3-5-6-7-8-10-17(18)16-13-11-15(9-4-2)12-14-16/h3,15-16H,1,4-14H2,2H3. The van der Waals surface area contributed by atoms with E-state index in [1.165, 1.54) is 38.5 Å². The summed E-state index contributed by atoms with van der Waals surface area (Å²) in [6.07, 6.45) is 14.9. The molecule has 0 bridgehead atoms. The van der Waals surface area contributed by atoms with Crippen molar-refractivity contribution >= 4 is 5.78 Å². The summed E-state index contributed by atoms with van der Waals surface area (Å²) in [5.74, 6) is 1.85. The minimum Gasteiger partial charge on any atom is -0.299 e. The van der Waals surface area contributed by atoms with Crippen LogP contribution in [-0.4, -0.2) is 5.78 Å². The van der Waals surface area contributed by atoms with Crippen LogP contribution in [0.15, 0.2) is 12.7 Å². The Hall–Kier alpha value is -0.590. The fourth-order valence-corrected chi connectivity index (χ4v) is 3.15. The molecule has 1 saturated carbocycles. The van der Waals surface area contributed by atoms with Crippen LogP contribution in [0.1, 0.15) is 77.6 Å². The van der Waals surface area contributed by atoms with Gasteiger partial charge in [0.15, 0.2) is 0 Å². The number of allylic oxidation sites excluding steroid dienone is 1. The molecule has 1 nitrogen and oxygen atoms in total. The highest BCUT2D eigenvalue weighted by molar-refractivity contribution is 5.81. The number of unbranched alkanes of at least 4 members (excludes halogenated alkanes) is 3. The first-order valence-corrected chi connectivity index (χ1v) is 7.91. The quantitative estimate of drug-likeness (QED) is 0.401. The van der Waals surface area contributed by atoms with Crippen LogP contribution >= 0.6 is 0 Å². The van der Waals surface area contributed by atoms with Gasteiger partial charge in [-0.3, -0.25) is 4.79 Å². The van der Waals surface area contributed by atoms with Crippen LogP contribution in [0.25, 0.3) is 0 Å². The lowest BCUT2D eigenvalue weighted by Crippen LogP contribution is -2.21. The Bertz CT molecular complexity index is 236. The lowest BCUT2D eigenvalue weighted by molar-refractivity contribution is -0.124. The third kappa shape index (κ3) is 5.84. The van der Waals surface area contributed by atoms with Gasteiger partial charge in [0.2, 0.25) is 0 Å². The Morgan fingerprint density at radius 2 is 1.89 bits per heavy atom. The number of hydrogen-bond donors (Lipinski definition) is 0. The van der Waals surface area contributed by atoms with Gasteiger partial charge in [0.1, 0.15) is 5.78 Å². The van der Waals surface area contributed by atoms with Gasteiger partial charge in [-0.2, -0.15) is 0 Å². The fraction of sp³-hybridized carbons (Fsp3) is 0.824. The number of carbonyl (C=O) groups excluding carboxylic acids is 1. The Labute approximate surface area is 113 Å². The Balaban J connectivity index is 2.10. The van der Waals surface area contributed by atoms with Gasteiger partial charge in [0.25, 0.3) is 0 Å². The summed E-state index contributed by atoms with van der Waals surface area (Å²) < 4.78 is 0. The van der Waals surface area contributed by atoms with Gasteiger partial charge in [0, 0.05) is 12.3 Å². The third-order valence-corrected chi connectivity index (χ3v) is 4.33. The second-order valence-electron chi connectivity index (χ2n) is 5.86. The summed E-state index contributed by atoms with van der Waals surface area (Å²) >= 11 is 0. The first-order valence-electron chi connectivity index (χ1n) is 7.91. The monoisotopic (exact) mass is 250 g/mol. The fourth-order valence-electron chi connectivity index (χ4n) is 3.15. The average molecular weight is 250 g/mol. The van der Waals surface area contributed by atoms with Crippen molar-refractivity contribution in [1.29, 1.82) is 0 Å². The van der Waals surface area contributed by atoms with E-state index in [1.807, 2.05) is 6.08 Å². The molecule has 0 aromatic rings. The van der Waals surface area contributed by atoms with Crippen LogP contribution in [-0.2, 0) is 4.79 Å². The van der Waals surface area contributed by atoms with Crippen LogP contribution in [0.3, 0.4) is 0 Å². The topological polar surface area (TPSA) is 17.1 Å². The lowest BCUT2D eigenvalue weighted by Gasteiger charge is -2.27. The maximum absolute atomic E-state index is 12.1. The summed E-state index contributed by atoms with van der Waals surface area (Å²) in [5.41, 5.74) is 0. The first kappa shape index (κ1) is 15.5. The first-order chi connectivity index (χ1) is 8.77.